The van der Waals surface area contributed by atoms with E-state index in [4.69, 9.17) is 4.74 Å². The van der Waals surface area contributed by atoms with Crippen LogP contribution in [0.15, 0.2) is 30.5 Å². The molecule has 2 aliphatic heterocycles. The monoisotopic (exact) mass is 574 g/mol. The van der Waals surface area contributed by atoms with Gasteiger partial charge in [0.1, 0.15) is 17.2 Å². The van der Waals surface area contributed by atoms with E-state index in [9.17, 15) is 4.39 Å². The SMILES string of the molecule is C=C(C)C(F)CCn1nnc2ccc(-c3c(F)cn4nc(N[C@@H]5CCN(C6COC6)CC5(F)F)nc(NC)c34)nc21. The standard InChI is InChI=1S/C26H30F4N10O/c1-14(2)16(27)6-9-39-24-19(35-37-39)5-4-18(32-24)21-17(28)10-40-22(21)23(31-3)34-25(36-40)33-20-7-8-38(13-26(20,29)30)15-11-41-12-15/h4-5,10,15-16,20H,1,6-9,11-13H2,2-3H3,(H2,31,33,34,36)/t16?,20-/m1/s1. The largest absolute Gasteiger partial charge is 0.378 e. The van der Waals surface area contributed by atoms with Crippen LogP contribution in [0.4, 0.5) is 29.3 Å². The molecule has 0 spiro atoms. The van der Waals surface area contributed by atoms with Gasteiger partial charge in [-0.25, -0.2) is 31.7 Å². The van der Waals surface area contributed by atoms with Gasteiger partial charge in [-0.3, -0.25) is 4.90 Å². The molecule has 218 valence electrons. The van der Waals surface area contributed by atoms with Crippen molar-refractivity contribution in [2.24, 2.45) is 0 Å². The van der Waals surface area contributed by atoms with Crippen LogP contribution in [0.2, 0.25) is 0 Å². The van der Waals surface area contributed by atoms with Crippen molar-refractivity contribution >= 4 is 28.4 Å². The highest BCUT2D eigenvalue weighted by Gasteiger charge is 2.47. The predicted molar refractivity (Wildman–Crippen MR) is 144 cm³/mol. The number of nitrogens with one attached hydrogen (secondary N) is 2. The number of anilines is 2. The lowest BCUT2D eigenvalue weighted by molar-refractivity contribution is -0.131. The molecule has 0 bridgehead atoms. The number of nitrogens with zero attached hydrogens (tertiary/aromatic N) is 8. The third kappa shape index (κ3) is 5.07. The van der Waals surface area contributed by atoms with Crippen LogP contribution in [0.1, 0.15) is 19.8 Å². The Balaban J connectivity index is 1.30. The van der Waals surface area contributed by atoms with Crippen molar-refractivity contribution in [2.75, 3.05) is 44.0 Å². The Morgan fingerprint density at radius 1 is 1.27 bits per heavy atom. The van der Waals surface area contributed by atoms with Gasteiger partial charge >= 0.3 is 0 Å². The van der Waals surface area contributed by atoms with Crippen molar-refractivity contribution in [1.29, 1.82) is 0 Å². The number of piperidine rings is 1. The molecule has 4 aromatic heterocycles. The fourth-order valence-corrected chi connectivity index (χ4v) is 5.20. The minimum Gasteiger partial charge on any atom is -0.378 e. The van der Waals surface area contributed by atoms with E-state index < -0.39 is 24.0 Å². The number of rotatable bonds is 9. The molecule has 4 aromatic rings. The Morgan fingerprint density at radius 2 is 2.07 bits per heavy atom. The lowest BCUT2D eigenvalue weighted by Gasteiger charge is -2.44. The van der Waals surface area contributed by atoms with E-state index in [2.05, 4.69) is 42.6 Å². The second-order valence-electron chi connectivity index (χ2n) is 10.5. The lowest BCUT2D eigenvalue weighted by Crippen LogP contribution is -2.61. The molecule has 2 aliphatic rings. The molecule has 11 nitrogen and oxygen atoms in total. The zero-order valence-corrected chi connectivity index (χ0v) is 22.6. The summed E-state index contributed by atoms with van der Waals surface area (Å²) in [4.78, 5) is 10.7. The van der Waals surface area contributed by atoms with Gasteiger partial charge in [0.25, 0.3) is 5.92 Å². The highest BCUT2D eigenvalue weighted by molar-refractivity contribution is 5.89. The van der Waals surface area contributed by atoms with E-state index in [1.807, 2.05) is 0 Å². The summed E-state index contributed by atoms with van der Waals surface area (Å²) >= 11 is 0. The molecule has 0 aliphatic carbocycles. The molecule has 1 unspecified atom stereocenters. The number of hydrogen-bond donors (Lipinski definition) is 2. The molecule has 41 heavy (non-hydrogen) atoms. The van der Waals surface area contributed by atoms with Crippen LogP contribution in [-0.4, -0.2) is 97.0 Å². The fourth-order valence-electron chi connectivity index (χ4n) is 5.20. The zero-order chi connectivity index (χ0) is 28.9. The molecule has 6 heterocycles. The van der Waals surface area contributed by atoms with E-state index in [1.165, 1.54) is 9.20 Å². The van der Waals surface area contributed by atoms with Crippen LogP contribution in [0, 0.1) is 5.82 Å². The van der Waals surface area contributed by atoms with Crippen LogP contribution >= 0.6 is 0 Å². The van der Waals surface area contributed by atoms with E-state index in [1.54, 1.807) is 31.0 Å². The van der Waals surface area contributed by atoms with E-state index in [0.29, 0.717) is 36.5 Å². The van der Waals surface area contributed by atoms with E-state index >= 15 is 13.2 Å². The minimum absolute atomic E-state index is 0.0193. The van der Waals surface area contributed by atoms with Gasteiger partial charge in [-0.05, 0) is 31.1 Å². The van der Waals surface area contributed by atoms with Gasteiger partial charge < -0.3 is 15.4 Å². The molecule has 15 heteroatoms. The molecular weight excluding hydrogens is 544 g/mol. The summed E-state index contributed by atoms with van der Waals surface area (Å²) in [5, 5.41) is 18.1. The van der Waals surface area contributed by atoms with Gasteiger partial charge in [0, 0.05) is 26.6 Å². The second-order valence-corrected chi connectivity index (χ2v) is 10.5. The predicted octanol–water partition coefficient (Wildman–Crippen LogP) is 3.54. The summed E-state index contributed by atoms with van der Waals surface area (Å²) in [6.07, 6.45) is 0.279. The number of alkyl halides is 3. The van der Waals surface area contributed by atoms with E-state index in [0.717, 1.165) is 6.20 Å². The van der Waals surface area contributed by atoms with Crippen molar-refractivity contribution in [3.8, 4) is 11.3 Å². The maximum absolute atomic E-state index is 15.4. The Bertz CT molecular complexity index is 1600. The van der Waals surface area contributed by atoms with Gasteiger partial charge in [-0.2, -0.15) is 4.98 Å². The number of allylic oxidation sites excluding steroid dienone is 1. The summed E-state index contributed by atoms with van der Waals surface area (Å²) in [7, 11) is 1.60. The van der Waals surface area contributed by atoms with Gasteiger partial charge in [0.15, 0.2) is 17.3 Å². The van der Waals surface area contributed by atoms with Crippen molar-refractivity contribution in [2.45, 2.75) is 50.5 Å². The molecule has 0 saturated carbocycles. The quantitative estimate of drug-likeness (QED) is 0.229. The van der Waals surface area contributed by atoms with Crippen molar-refractivity contribution < 1.29 is 22.3 Å². The van der Waals surface area contributed by atoms with Crippen LogP contribution < -0.4 is 10.6 Å². The first-order valence-corrected chi connectivity index (χ1v) is 13.4. The highest BCUT2D eigenvalue weighted by atomic mass is 19.3. The Kier molecular flexibility index (Phi) is 7.01. The van der Waals surface area contributed by atoms with Crippen LogP contribution in [0.25, 0.3) is 27.9 Å². The first-order chi connectivity index (χ1) is 19.6. The van der Waals surface area contributed by atoms with Crippen molar-refractivity contribution in [3.63, 3.8) is 0 Å². The summed E-state index contributed by atoms with van der Waals surface area (Å²) in [6.45, 7) is 6.49. The van der Waals surface area contributed by atoms with E-state index in [-0.39, 0.29) is 60.5 Å². The number of pyridine rings is 1. The third-order valence-electron chi connectivity index (χ3n) is 7.64. The first kappa shape index (κ1) is 27.3. The van der Waals surface area contributed by atoms with Crippen LogP contribution in [0.3, 0.4) is 0 Å². The molecule has 2 fully saturated rings. The van der Waals surface area contributed by atoms with Crippen LogP contribution in [-0.2, 0) is 11.3 Å². The molecule has 0 amide bonds. The van der Waals surface area contributed by atoms with Gasteiger partial charge in [-0.15, -0.1) is 10.2 Å². The molecule has 2 N–H and O–H groups in total. The molecular formula is C26H30F4N10O. The van der Waals surface area contributed by atoms with Crippen LogP contribution in [0.5, 0.6) is 0 Å². The summed E-state index contributed by atoms with van der Waals surface area (Å²) < 4.78 is 67.5. The lowest BCUT2D eigenvalue weighted by atomic mass is 9.98. The Labute approximate surface area is 232 Å². The smallest absolute Gasteiger partial charge is 0.280 e. The maximum atomic E-state index is 15.4. The Hall–Kier alpha value is -3.85. The minimum atomic E-state index is -3.03. The van der Waals surface area contributed by atoms with Gasteiger partial charge in [0.05, 0.1) is 49.3 Å². The third-order valence-corrected chi connectivity index (χ3v) is 7.64. The number of aryl methyl sites for hydroxylation is 1. The van der Waals surface area contributed by atoms with Crippen molar-refractivity contribution in [1.82, 2.24) is 39.5 Å². The summed E-state index contributed by atoms with van der Waals surface area (Å²) in [6, 6.07) is 2.08. The zero-order valence-electron chi connectivity index (χ0n) is 22.6. The average Bonchev–Trinajstić information content (AvgIpc) is 3.46. The first-order valence-electron chi connectivity index (χ1n) is 13.4. The fraction of sp³-hybridized carbons (Fsp3) is 0.500. The molecule has 2 saturated heterocycles. The average molecular weight is 575 g/mol. The molecule has 0 radical (unpaired) electrons. The molecule has 2 atom stereocenters. The highest BCUT2D eigenvalue weighted by Crippen LogP contribution is 2.35. The summed E-state index contributed by atoms with van der Waals surface area (Å²) in [5.41, 5.74) is 1.90. The number of likely N-dealkylation sites (tertiary alicyclic amines) is 1. The number of ether oxygens (including phenoxy) is 1. The second kappa shape index (κ2) is 10.5. The number of fused-ring (bicyclic) bond motifs is 2. The molecule has 0 aromatic carbocycles. The molecule has 6 rings (SSSR count). The number of aromatic nitrogens is 7. The normalized spacial score (nSPS) is 20.3. The summed E-state index contributed by atoms with van der Waals surface area (Å²) in [5.74, 6) is -3.49. The van der Waals surface area contributed by atoms with Crippen molar-refractivity contribution in [3.05, 3.63) is 36.3 Å². The number of halogens is 4. The Morgan fingerprint density at radius 3 is 2.76 bits per heavy atom. The topological polar surface area (TPSA) is 110 Å². The van der Waals surface area contributed by atoms with Gasteiger partial charge in [-0.1, -0.05) is 11.8 Å². The number of hydrogen-bond acceptors (Lipinski definition) is 9. The maximum Gasteiger partial charge on any atom is 0.280 e. The van der Waals surface area contributed by atoms with Gasteiger partial charge in [0.2, 0.25) is 5.95 Å².